The smallest absolute Gasteiger partial charge is 0.161 e. The molecule has 0 aromatic carbocycles. The summed E-state index contributed by atoms with van der Waals surface area (Å²) in [5.41, 5.74) is 1.52. The van der Waals surface area contributed by atoms with Gasteiger partial charge in [0.15, 0.2) is 5.78 Å². The van der Waals surface area contributed by atoms with E-state index in [9.17, 15) is 4.79 Å². The fourth-order valence-corrected chi connectivity index (χ4v) is 2.01. The maximum absolute atomic E-state index is 11.1. The molecule has 2 heterocycles. The Morgan fingerprint density at radius 2 is 2.29 bits per heavy atom. The molecule has 3 nitrogen and oxygen atoms in total. The van der Waals surface area contributed by atoms with Crippen molar-refractivity contribution in [1.29, 1.82) is 0 Å². The number of ketones is 1. The van der Waals surface area contributed by atoms with Gasteiger partial charge in [0.2, 0.25) is 0 Å². The molecule has 2 aromatic rings. The van der Waals surface area contributed by atoms with Crippen LogP contribution in [-0.2, 0) is 7.05 Å². The molecule has 0 aliphatic rings. The number of fused-ring (bicyclic) bond motifs is 1. The summed E-state index contributed by atoms with van der Waals surface area (Å²) >= 11 is 3.43. The number of hydrogen-bond donors (Lipinski definition) is 0. The first-order valence-electron chi connectivity index (χ1n) is 4.21. The Hall–Kier alpha value is -1.16. The summed E-state index contributed by atoms with van der Waals surface area (Å²) in [5.74, 6) is 0.0372. The van der Waals surface area contributed by atoms with Gasteiger partial charge in [0, 0.05) is 34.9 Å². The van der Waals surface area contributed by atoms with Crippen molar-refractivity contribution in [3.63, 3.8) is 0 Å². The minimum atomic E-state index is 0.0372. The van der Waals surface area contributed by atoms with Crippen LogP contribution in [0.4, 0.5) is 0 Å². The molecule has 0 radical (unpaired) electrons. The lowest BCUT2D eigenvalue weighted by molar-refractivity contribution is 0.101. The van der Waals surface area contributed by atoms with Crippen LogP contribution in [0.25, 0.3) is 11.0 Å². The van der Waals surface area contributed by atoms with Gasteiger partial charge in [-0.05, 0) is 28.9 Å². The summed E-state index contributed by atoms with van der Waals surface area (Å²) in [5, 5.41) is 0.972. The van der Waals surface area contributed by atoms with Crippen molar-refractivity contribution in [2.45, 2.75) is 6.92 Å². The first-order chi connectivity index (χ1) is 6.59. The Balaban J connectivity index is 2.77. The van der Waals surface area contributed by atoms with Gasteiger partial charge in [-0.15, -0.1) is 0 Å². The average Bonchev–Trinajstić information content (AvgIpc) is 2.42. The summed E-state index contributed by atoms with van der Waals surface area (Å²) in [7, 11) is 1.92. The molecule has 2 aromatic heterocycles. The van der Waals surface area contributed by atoms with Crippen molar-refractivity contribution >= 4 is 32.7 Å². The lowest BCUT2D eigenvalue weighted by atomic mass is 10.2. The number of aromatic nitrogens is 2. The molecule has 0 spiro atoms. The van der Waals surface area contributed by atoms with Crippen LogP contribution in [0.2, 0.25) is 0 Å². The van der Waals surface area contributed by atoms with E-state index >= 15 is 0 Å². The minimum absolute atomic E-state index is 0.0372. The highest BCUT2D eigenvalue weighted by atomic mass is 79.9. The number of carbonyl (C=O) groups is 1. The third kappa shape index (κ3) is 1.35. The highest BCUT2D eigenvalue weighted by molar-refractivity contribution is 9.10. The molecular weight excluding hydrogens is 244 g/mol. The first-order valence-corrected chi connectivity index (χ1v) is 5.00. The predicted molar refractivity (Wildman–Crippen MR) is 58.4 cm³/mol. The van der Waals surface area contributed by atoms with E-state index in [1.807, 2.05) is 23.9 Å². The van der Waals surface area contributed by atoms with Crippen molar-refractivity contribution in [3.05, 3.63) is 28.5 Å². The Morgan fingerprint density at radius 3 is 2.93 bits per heavy atom. The van der Waals surface area contributed by atoms with E-state index in [-0.39, 0.29) is 5.78 Å². The van der Waals surface area contributed by atoms with E-state index in [0.29, 0.717) is 5.56 Å². The Morgan fingerprint density at radius 1 is 1.57 bits per heavy atom. The zero-order valence-electron chi connectivity index (χ0n) is 7.91. The Labute approximate surface area is 89.9 Å². The Bertz CT molecular complexity index is 516. The number of halogens is 1. The zero-order valence-corrected chi connectivity index (χ0v) is 9.50. The lowest BCUT2D eigenvalue weighted by Gasteiger charge is -1.97. The third-order valence-corrected chi connectivity index (χ3v) is 2.80. The van der Waals surface area contributed by atoms with Crippen molar-refractivity contribution in [1.82, 2.24) is 9.55 Å². The van der Waals surface area contributed by atoms with Gasteiger partial charge in [0.25, 0.3) is 0 Å². The topological polar surface area (TPSA) is 34.9 Å². The van der Waals surface area contributed by atoms with Gasteiger partial charge in [0.05, 0.1) is 0 Å². The molecule has 2 rings (SSSR count). The fraction of sp³-hybridized carbons (Fsp3) is 0.200. The minimum Gasteiger partial charge on any atom is -0.334 e. The van der Waals surface area contributed by atoms with E-state index < -0.39 is 0 Å². The number of nitrogens with zero attached hydrogens (tertiary/aromatic N) is 2. The maximum atomic E-state index is 11.1. The van der Waals surface area contributed by atoms with Gasteiger partial charge in [-0.1, -0.05) is 0 Å². The maximum Gasteiger partial charge on any atom is 0.161 e. The van der Waals surface area contributed by atoms with Crippen molar-refractivity contribution in [2.24, 2.45) is 7.05 Å². The van der Waals surface area contributed by atoms with E-state index in [4.69, 9.17) is 0 Å². The van der Waals surface area contributed by atoms with Crippen LogP contribution < -0.4 is 0 Å². The largest absolute Gasteiger partial charge is 0.334 e. The number of hydrogen-bond acceptors (Lipinski definition) is 2. The highest BCUT2D eigenvalue weighted by Crippen LogP contribution is 2.24. The van der Waals surface area contributed by atoms with Gasteiger partial charge in [-0.25, -0.2) is 4.98 Å². The fourth-order valence-electron chi connectivity index (χ4n) is 1.41. The quantitative estimate of drug-likeness (QED) is 0.732. The van der Waals surface area contributed by atoms with E-state index in [1.165, 1.54) is 0 Å². The van der Waals surface area contributed by atoms with Gasteiger partial charge >= 0.3 is 0 Å². The van der Waals surface area contributed by atoms with Gasteiger partial charge in [0.1, 0.15) is 5.65 Å². The second-order valence-corrected chi connectivity index (χ2v) is 4.09. The molecule has 0 saturated heterocycles. The molecule has 4 heteroatoms. The SMILES string of the molecule is CC(=O)c1cnc2c(c1)c(Br)cn2C. The summed E-state index contributed by atoms with van der Waals surface area (Å²) in [6.07, 6.45) is 3.54. The molecule has 0 aliphatic carbocycles. The second-order valence-electron chi connectivity index (χ2n) is 3.24. The molecule has 0 fully saturated rings. The molecule has 0 atom stereocenters. The van der Waals surface area contributed by atoms with Crippen LogP contribution >= 0.6 is 15.9 Å². The first kappa shape index (κ1) is 9.40. The Kier molecular flexibility index (Phi) is 2.15. The normalized spacial score (nSPS) is 10.8. The monoisotopic (exact) mass is 252 g/mol. The van der Waals surface area contributed by atoms with E-state index in [2.05, 4.69) is 20.9 Å². The molecular formula is C10H9BrN2O. The van der Waals surface area contributed by atoms with Crippen LogP contribution in [0.15, 0.2) is 22.9 Å². The second kappa shape index (κ2) is 3.20. The standard InChI is InChI=1S/C10H9BrN2O/c1-6(14)7-3-8-9(11)5-13(2)10(8)12-4-7/h3-5H,1-2H3. The van der Waals surface area contributed by atoms with E-state index in [0.717, 1.165) is 15.5 Å². The van der Waals surface area contributed by atoms with Crippen LogP contribution in [-0.4, -0.2) is 15.3 Å². The predicted octanol–water partition coefficient (Wildman–Crippen LogP) is 2.54. The van der Waals surface area contributed by atoms with Gasteiger partial charge in [-0.2, -0.15) is 0 Å². The number of aryl methyl sites for hydroxylation is 1. The van der Waals surface area contributed by atoms with E-state index in [1.54, 1.807) is 13.1 Å². The van der Waals surface area contributed by atoms with Gasteiger partial charge in [-0.3, -0.25) is 4.79 Å². The molecule has 0 aliphatic heterocycles. The molecule has 0 unspecified atom stereocenters. The molecule has 14 heavy (non-hydrogen) atoms. The van der Waals surface area contributed by atoms with Crippen molar-refractivity contribution in [2.75, 3.05) is 0 Å². The summed E-state index contributed by atoms with van der Waals surface area (Å²) in [4.78, 5) is 15.4. The van der Waals surface area contributed by atoms with Crippen LogP contribution in [0.1, 0.15) is 17.3 Å². The van der Waals surface area contributed by atoms with Crippen LogP contribution in [0.3, 0.4) is 0 Å². The summed E-state index contributed by atoms with van der Waals surface area (Å²) in [6.45, 7) is 1.54. The molecule has 0 amide bonds. The number of rotatable bonds is 1. The number of pyridine rings is 1. The third-order valence-electron chi connectivity index (χ3n) is 2.17. The summed E-state index contributed by atoms with van der Waals surface area (Å²) < 4.78 is 2.88. The molecule has 0 N–H and O–H groups in total. The highest BCUT2D eigenvalue weighted by Gasteiger charge is 2.08. The molecule has 0 bridgehead atoms. The zero-order chi connectivity index (χ0) is 10.3. The van der Waals surface area contributed by atoms with Crippen molar-refractivity contribution in [3.8, 4) is 0 Å². The average molecular weight is 253 g/mol. The van der Waals surface area contributed by atoms with Crippen LogP contribution in [0.5, 0.6) is 0 Å². The van der Waals surface area contributed by atoms with Crippen molar-refractivity contribution < 1.29 is 4.79 Å². The summed E-state index contributed by atoms with van der Waals surface area (Å²) in [6, 6.07) is 1.86. The molecule has 72 valence electrons. The van der Waals surface area contributed by atoms with Gasteiger partial charge < -0.3 is 4.57 Å². The molecule has 0 saturated carbocycles. The number of Topliss-reactive ketones (excluding diaryl/α,β-unsaturated/α-hetero) is 1. The lowest BCUT2D eigenvalue weighted by Crippen LogP contribution is -1.94. The number of carbonyl (C=O) groups excluding carboxylic acids is 1. The van der Waals surface area contributed by atoms with Crippen LogP contribution in [0, 0.1) is 0 Å².